The maximum absolute atomic E-state index is 13.0. The van der Waals surface area contributed by atoms with Crippen LogP contribution in [0, 0.1) is 12.7 Å². The smallest absolute Gasteiger partial charge is 0.338 e. The summed E-state index contributed by atoms with van der Waals surface area (Å²) in [6.45, 7) is 3.85. The number of anilines is 1. The van der Waals surface area contributed by atoms with E-state index in [1.54, 1.807) is 24.3 Å². The second-order valence-electron chi connectivity index (χ2n) is 4.89. The number of rotatable bonds is 4. The van der Waals surface area contributed by atoms with E-state index in [1.165, 1.54) is 19.2 Å². The Kier molecular flexibility index (Phi) is 4.58. The number of ether oxygens (including phenoxy) is 1. The Morgan fingerprint density at radius 2 is 1.86 bits per heavy atom. The number of methoxy groups -OCH3 is 1. The average Bonchev–Trinajstić information content (AvgIpc) is 2.49. The van der Waals surface area contributed by atoms with Crippen molar-refractivity contribution in [2.45, 2.75) is 19.9 Å². The Bertz CT molecular complexity index is 638. The maximum Gasteiger partial charge on any atom is 0.338 e. The first-order chi connectivity index (χ1) is 10.0. The molecule has 0 radical (unpaired) electrons. The summed E-state index contributed by atoms with van der Waals surface area (Å²) in [6, 6.07) is 11.8. The molecule has 1 N–H and O–H groups in total. The summed E-state index contributed by atoms with van der Waals surface area (Å²) in [4.78, 5) is 11.7. The molecule has 21 heavy (non-hydrogen) atoms. The molecule has 0 amide bonds. The highest BCUT2D eigenvalue weighted by atomic mass is 19.1. The predicted molar refractivity (Wildman–Crippen MR) is 81.0 cm³/mol. The molecule has 0 spiro atoms. The van der Waals surface area contributed by atoms with Crippen molar-refractivity contribution < 1.29 is 13.9 Å². The SMILES string of the molecule is COC(=O)c1cccc(NC(C)c2ccc(F)cc2)c1C. The monoisotopic (exact) mass is 287 g/mol. The highest BCUT2D eigenvalue weighted by Gasteiger charge is 2.13. The zero-order chi connectivity index (χ0) is 15.4. The molecule has 0 saturated carbocycles. The van der Waals surface area contributed by atoms with Crippen molar-refractivity contribution >= 4 is 11.7 Å². The first kappa shape index (κ1) is 15.0. The molecule has 0 aliphatic heterocycles. The number of halogens is 1. The van der Waals surface area contributed by atoms with Crippen molar-refractivity contribution in [3.63, 3.8) is 0 Å². The summed E-state index contributed by atoms with van der Waals surface area (Å²) >= 11 is 0. The minimum Gasteiger partial charge on any atom is -0.465 e. The Morgan fingerprint density at radius 3 is 2.48 bits per heavy atom. The van der Waals surface area contributed by atoms with Crippen molar-refractivity contribution in [1.29, 1.82) is 0 Å². The zero-order valence-electron chi connectivity index (χ0n) is 12.3. The quantitative estimate of drug-likeness (QED) is 0.861. The molecule has 2 rings (SSSR count). The molecule has 0 fully saturated rings. The summed E-state index contributed by atoms with van der Waals surface area (Å²) in [5.41, 5.74) is 3.20. The van der Waals surface area contributed by atoms with Gasteiger partial charge in [0.15, 0.2) is 0 Å². The lowest BCUT2D eigenvalue weighted by Gasteiger charge is -2.18. The Balaban J connectivity index is 2.23. The molecule has 3 nitrogen and oxygen atoms in total. The molecule has 1 atom stereocenters. The van der Waals surface area contributed by atoms with Gasteiger partial charge in [-0.1, -0.05) is 18.2 Å². The summed E-state index contributed by atoms with van der Waals surface area (Å²) < 4.78 is 17.7. The number of esters is 1. The van der Waals surface area contributed by atoms with Gasteiger partial charge in [-0.25, -0.2) is 9.18 Å². The van der Waals surface area contributed by atoms with E-state index in [9.17, 15) is 9.18 Å². The van der Waals surface area contributed by atoms with E-state index in [1.807, 2.05) is 19.9 Å². The van der Waals surface area contributed by atoms with Crippen LogP contribution in [0.25, 0.3) is 0 Å². The number of nitrogens with one attached hydrogen (secondary N) is 1. The van der Waals surface area contributed by atoms with Gasteiger partial charge in [0.1, 0.15) is 5.82 Å². The zero-order valence-corrected chi connectivity index (χ0v) is 12.3. The third-order valence-corrected chi connectivity index (χ3v) is 3.48. The van der Waals surface area contributed by atoms with E-state index in [0.717, 1.165) is 16.8 Å². The number of benzene rings is 2. The van der Waals surface area contributed by atoms with Crippen LogP contribution in [0.2, 0.25) is 0 Å². The lowest BCUT2D eigenvalue weighted by Crippen LogP contribution is -2.10. The van der Waals surface area contributed by atoms with E-state index in [-0.39, 0.29) is 17.8 Å². The Morgan fingerprint density at radius 1 is 1.19 bits per heavy atom. The van der Waals surface area contributed by atoms with Crippen LogP contribution in [0.5, 0.6) is 0 Å². The summed E-state index contributed by atoms with van der Waals surface area (Å²) in [7, 11) is 1.36. The van der Waals surface area contributed by atoms with Gasteiger partial charge < -0.3 is 10.1 Å². The summed E-state index contributed by atoms with van der Waals surface area (Å²) in [6.07, 6.45) is 0. The molecule has 0 aliphatic rings. The molecule has 0 saturated heterocycles. The van der Waals surface area contributed by atoms with Gasteiger partial charge >= 0.3 is 5.97 Å². The van der Waals surface area contributed by atoms with Crippen LogP contribution >= 0.6 is 0 Å². The van der Waals surface area contributed by atoms with Crippen molar-refractivity contribution in [2.24, 2.45) is 0 Å². The van der Waals surface area contributed by atoms with Crippen molar-refractivity contribution in [3.8, 4) is 0 Å². The molecule has 110 valence electrons. The topological polar surface area (TPSA) is 38.3 Å². The number of hydrogen-bond donors (Lipinski definition) is 1. The predicted octanol–water partition coefficient (Wildman–Crippen LogP) is 4.09. The lowest BCUT2D eigenvalue weighted by atomic mass is 10.0. The standard InChI is InChI=1S/C17H18FNO2/c1-11-15(17(20)21-3)5-4-6-16(11)19-12(2)13-7-9-14(18)10-8-13/h4-10,12,19H,1-3H3. The van der Waals surface area contributed by atoms with Gasteiger partial charge in [-0.3, -0.25) is 0 Å². The van der Waals surface area contributed by atoms with Crippen LogP contribution in [0.15, 0.2) is 42.5 Å². The van der Waals surface area contributed by atoms with Gasteiger partial charge in [0.25, 0.3) is 0 Å². The fourth-order valence-electron chi connectivity index (χ4n) is 2.19. The van der Waals surface area contributed by atoms with Crippen LogP contribution in [0.3, 0.4) is 0 Å². The second-order valence-corrected chi connectivity index (χ2v) is 4.89. The van der Waals surface area contributed by atoms with E-state index in [0.29, 0.717) is 5.56 Å². The molecule has 0 aromatic heterocycles. The van der Waals surface area contributed by atoms with Gasteiger partial charge in [0.05, 0.1) is 12.7 Å². The molecule has 2 aromatic rings. The Labute approximate surface area is 123 Å². The molecular weight excluding hydrogens is 269 g/mol. The van der Waals surface area contributed by atoms with Crippen LogP contribution in [0.4, 0.5) is 10.1 Å². The summed E-state index contributed by atoms with van der Waals surface area (Å²) in [5.74, 6) is -0.611. The van der Waals surface area contributed by atoms with Gasteiger partial charge in [0.2, 0.25) is 0 Å². The highest BCUT2D eigenvalue weighted by Crippen LogP contribution is 2.24. The summed E-state index contributed by atoms with van der Waals surface area (Å²) in [5, 5.41) is 3.34. The molecule has 4 heteroatoms. The third-order valence-electron chi connectivity index (χ3n) is 3.48. The van der Waals surface area contributed by atoms with Gasteiger partial charge in [-0.2, -0.15) is 0 Å². The number of carbonyl (C=O) groups is 1. The van der Waals surface area contributed by atoms with E-state index in [2.05, 4.69) is 5.32 Å². The minimum atomic E-state index is -0.356. The fraction of sp³-hybridized carbons (Fsp3) is 0.235. The maximum atomic E-state index is 13.0. The lowest BCUT2D eigenvalue weighted by molar-refractivity contribution is 0.0600. The number of carbonyl (C=O) groups excluding carboxylic acids is 1. The molecule has 2 aromatic carbocycles. The number of hydrogen-bond acceptors (Lipinski definition) is 3. The second kappa shape index (κ2) is 6.39. The van der Waals surface area contributed by atoms with Crippen molar-refractivity contribution in [1.82, 2.24) is 0 Å². The largest absolute Gasteiger partial charge is 0.465 e. The molecule has 0 aliphatic carbocycles. The molecule has 1 unspecified atom stereocenters. The average molecular weight is 287 g/mol. The van der Waals surface area contributed by atoms with E-state index in [4.69, 9.17) is 4.74 Å². The van der Waals surface area contributed by atoms with Crippen LogP contribution < -0.4 is 5.32 Å². The Hall–Kier alpha value is -2.36. The molecular formula is C17H18FNO2. The normalized spacial score (nSPS) is 11.8. The van der Waals surface area contributed by atoms with Crippen LogP contribution in [-0.2, 0) is 4.74 Å². The van der Waals surface area contributed by atoms with Gasteiger partial charge in [-0.15, -0.1) is 0 Å². The fourth-order valence-corrected chi connectivity index (χ4v) is 2.19. The van der Waals surface area contributed by atoms with Gasteiger partial charge in [-0.05, 0) is 49.2 Å². The van der Waals surface area contributed by atoms with Crippen molar-refractivity contribution in [3.05, 3.63) is 65.0 Å². The first-order valence-electron chi connectivity index (χ1n) is 6.73. The van der Waals surface area contributed by atoms with E-state index < -0.39 is 0 Å². The minimum absolute atomic E-state index is 0.00260. The van der Waals surface area contributed by atoms with Crippen LogP contribution in [0.1, 0.15) is 34.5 Å². The third kappa shape index (κ3) is 3.40. The first-order valence-corrected chi connectivity index (χ1v) is 6.73. The van der Waals surface area contributed by atoms with Crippen molar-refractivity contribution in [2.75, 3.05) is 12.4 Å². The molecule has 0 heterocycles. The molecule has 0 bridgehead atoms. The van der Waals surface area contributed by atoms with Crippen LogP contribution in [-0.4, -0.2) is 13.1 Å². The van der Waals surface area contributed by atoms with Gasteiger partial charge in [0, 0.05) is 11.7 Å². The van der Waals surface area contributed by atoms with E-state index >= 15 is 0 Å². The highest BCUT2D eigenvalue weighted by molar-refractivity contribution is 5.92.